The van der Waals surface area contributed by atoms with Gasteiger partial charge in [0.15, 0.2) is 34.8 Å². The molecule has 4 fully saturated rings. The molecular formula is C44H54B2N12O14P2S. The third-order valence-electron chi connectivity index (χ3n) is 12.1. The predicted octanol–water partition coefficient (Wildman–Crippen LogP) is 2.04. The van der Waals surface area contributed by atoms with Gasteiger partial charge in [0.05, 0.1) is 52.3 Å². The molecule has 6 N–H and O–H groups in total. The number of nitrogens with zero attached hydrogens (tertiary/aromatic N) is 8. The van der Waals surface area contributed by atoms with Gasteiger partial charge >= 0.3 is 31.4 Å². The molecule has 26 nitrogen and oxygen atoms in total. The summed E-state index contributed by atoms with van der Waals surface area (Å²) in [6, 6.07) is 19.1. The molecule has 4 saturated heterocycles. The summed E-state index contributed by atoms with van der Waals surface area (Å²) in [5, 5.41) is 0. The van der Waals surface area contributed by atoms with Crippen LogP contribution in [0, 0.1) is 0 Å². The van der Waals surface area contributed by atoms with Gasteiger partial charge in [-0.15, -0.1) is 0 Å². The van der Waals surface area contributed by atoms with Crippen molar-refractivity contribution in [2.24, 2.45) is 9.98 Å². The van der Waals surface area contributed by atoms with Crippen LogP contribution in [0.3, 0.4) is 0 Å². The smallest absolute Gasteiger partial charge is 0.399 e. The molecule has 4 aliphatic heterocycles. The monoisotopic (exact) mass is 1090 g/mol. The van der Waals surface area contributed by atoms with Crippen molar-refractivity contribution >= 4 is 101 Å². The van der Waals surface area contributed by atoms with Crippen LogP contribution in [0.25, 0.3) is 22.3 Å². The number of nitrogens with one attached hydrogen (secondary N) is 2. The lowest BCUT2D eigenvalue weighted by Gasteiger charge is -2.22. The first-order valence-corrected chi connectivity index (χ1v) is 27.3. The molecule has 4 aromatic heterocycles. The second-order valence-electron chi connectivity index (χ2n) is 17.0. The van der Waals surface area contributed by atoms with Crippen molar-refractivity contribution < 1.29 is 55.2 Å². The number of hydrogen-bond donors (Lipinski definition) is 4. The van der Waals surface area contributed by atoms with E-state index in [0.717, 1.165) is 10.9 Å². The van der Waals surface area contributed by atoms with Crippen LogP contribution in [0.2, 0.25) is 0 Å². The first kappa shape index (κ1) is 53.3. The summed E-state index contributed by atoms with van der Waals surface area (Å²) < 4.78 is 79.4. The Labute approximate surface area is 436 Å². The number of aromatic nitrogens is 8. The topological polar surface area (TPSA) is 315 Å². The van der Waals surface area contributed by atoms with Crippen LogP contribution in [0.5, 0.6) is 0 Å². The highest BCUT2D eigenvalue weighted by molar-refractivity contribution is 7.99. The van der Waals surface area contributed by atoms with E-state index in [1.165, 1.54) is 12.7 Å². The SMILES string of the molecule is C/N=C/CCOP(OCCSCCOP(OCC/C=N/C)OC[C@H]1O[C@@H](n2cnc3c(=O)[nH]c(N)nc32)[C@@H]2OB(c3ccccc3)O[C@@H]21)OC[C@H]1O[C@@H](n2cnc3c(=O)[nH]c(N)nc32)[C@@H]2OB(c3ccccc3)O[C@@H]21. The molecule has 0 bridgehead atoms. The number of hydrogen-bond acceptors (Lipinski definition) is 23. The zero-order chi connectivity index (χ0) is 51.7. The Hall–Kier alpha value is -5.06. The summed E-state index contributed by atoms with van der Waals surface area (Å²) in [5.74, 6) is 1.04. The van der Waals surface area contributed by atoms with Crippen LogP contribution in [0.4, 0.5) is 11.9 Å². The minimum atomic E-state index is -1.85. The van der Waals surface area contributed by atoms with Crippen molar-refractivity contribution in [3.8, 4) is 0 Å². The van der Waals surface area contributed by atoms with Gasteiger partial charge in [0.2, 0.25) is 11.9 Å². The van der Waals surface area contributed by atoms with Crippen molar-refractivity contribution in [2.45, 2.75) is 61.9 Å². The van der Waals surface area contributed by atoms with Gasteiger partial charge in [-0.1, -0.05) is 60.7 Å². The Balaban J connectivity index is 0.738. The van der Waals surface area contributed by atoms with Gasteiger partial charge in [-0.25, -0.2) is 9.97 Å². The van der Waals surface area contributed by atoms with Crippen molar-refractivity contribution in [2.75, 3.05) is 76.7 Å². The number of fused-ring (bicyclic) bond motifs is 4. The molecule has 2 unspecified atom stereocenters. The van der Waals surface area contributed by atoms with E-state index in [9.17, 15) is 9.59 Å². The summed E-state index contributed by atoms with van der Waals surface area (Å²) in [6.45, 7) is 1.28. The minimum absolute atomic E-state index is 0.0299. The van der Waals surface area contributed by atoms with E-state index in [0.29, 0.717) is 50.8 Å². The Kier molecular flexibility index (Phi) is 18.1. The van der Waals surface area contributed by atoms with Gasteiger partial charge in [0, 0.05) is 50.9 Å². The molecule has 2 aromatic carbocycles. The summed E-state index contributed by atoms with van der Waals surface area (Å²) in [7, 11) is -1.68. The third-order valence-corrected chi connectivity index (χ3v) is 15.3. The summed E-state index contributed by atoms with van der Waals surface area (Å²) >= 11 is 1.60. The number of aliphatic imine (C=N–C) groups is 2. The molecule has 0 saturated carbocycles. The van der Waals surface area contributed by atoms with E-state index in [4.69, 9.17) is 66.7 Å². The molecule has 0 radical (unpaired) electrons. The van der Waals surface area contributed by atoms with Crippen molar-refractivity contribution in [1.29, 1.82) is 0 Å². The molecule has 4 aliphatic rings. The van der Waals surface area contributed by atoms with E-state index in [1.807, 2.05) is 60.7 Å². The Morgan fingerprint density at radius 3 is 1.47 bits per heavy atom. The van der Waals surface area contributed by atoms with Gasteiger partial charge in [0.1, 0.15) is 36.6 Å². The molecule has 6 aromatic rings. The number of benzene rings is 2. The van der Waals surface area contributed by atoms with E-state index < -0.39 is 91.6 Å². The molecule has 0 spiro atoms. The summed E-state index contributed by atoms with van der Waals surface area (Å²) in [6.07, 6.45) is 2.28. The van der Waals surface area contributed by atoms with Crippen LogP contribution in [-0.4, -0.2) is 168 Å². The van der Waals surface area contributed by atoms with Gasteiger partial charge in [-0.05, 0) is 10.9 Å². The Bertz CT molecular complexity index is 2810. The molecule has 0 aliphatic carbocycles. The molecule has 10 rings (SSSR count). The fourth-order valence-electron chi connectivity index (χ4n) is 8.73. The standard InChI is InChI=1S/C44H54B2N12O14P2S/c1-49-15-9-17-61-73(65-23-29-33-35(71-45(69-33)27-11-5-3-6-12-27)41(67-29)57-25-51-31-37(57)53-43(47)55-39(31)59)63-19-21-75-22-20-64-74(62-18-10-16-50-2)66-24-30-34-36(72-46(70-34)28-13-7-4-8-14-28)42(68-30)58-26-52-32-38(58)54-44(48)56-40(32)60/h3-8,11-16,25-26,29-30,33-36,41-42H,9-10,17-24H2,1-2H3,(H3,47,53,55,59)(H3,48,54,56,60)/b49-15+,50-16+/t29-,30-,33-,34-,35-,36-,41-,42-,73?,74?/m1/s1. The lowest BCUT2D eigenvalue weighted by atomic mass is 9.79. The predicted molar refractivity (Wildman–Crippen MR) is 281 cm³/mol. The molecular weight excluding hydrogens is 1040 g/mol. The first-order chi connectivity index (χ1) is 36.8. The van der Waals surface area contributed by atoms with Crippen LogP contribution < -0.4 is 33.5 Å². The highest BCUT2D eigenvalue weighted by atomic mass is 32.2. The maximum atomic E-state index is 12.7. The number of thioether (sulfide) groups is 1. The lowest BCUT2D eigenvalue weighted by Crippen LogP contribution is -2.36. The average molecular weight is 1090 g/mol. The molecule has 75 heavy (non-hydrogen) atoms. The van der Waals surface area contributed by atoms with Crippen LogP contribution >= 0.6 is 29.0 Å². The summed E-state index contributed by atoms with van der Waals surface area (Å²) in [4.78, 5) is 55.7. The van der Waals surface area contributed by atoms with Gasteiger partial charge in [0.25, 0.3) is 11.1 Å². The molecule has 10 atom stereocenters. The highest BCUT2D eigenvalue weighted by Gasteiger charge is 2.57. The first-order valence-electron chi connectivity index (χ1n) is 24.0. The number of H-pyrrole nitrogens is 2. The van der Waals surface area contributed by atoms with Gasteiger partial charge in [-0.2, -0.15) is 21.7 Å². The van der Waals surface area contributed by atoms with E-state index >= 15 is 0 Å². The van der Waals surface area contributed by atoms with Crippen molar-refractivity contribution in [1.82, 2.24) is 39.0 Å². The van der Waals surface area contributed by atoms with E-state index in [-0.39, 0.29) is 47.4 Å². The number of ether oxygens (including phenoxy) is 2. The molecule has 31 heteroatoms. The molecule has 8 heterocycles. The second-order valence-corrected chi connectivity index (χ2v) is 20.7. The maximum absolute atomic E-state index is 12.7. The lowest BCUT2D eigenvalue weighted by molar-refractivity contribution is -0.0556. The third kappa shape index (κ3) is 12.5. The number of rotatable bonds is 26. The van der Waals surface area contributed by atoms with Crippen molar-refractivity contribution in [3.05, 3.63) is 94.0 Å². The van der Waals surface area contributed by atoms with E-state index in [2.05, 4.69) is 39.9 Å². The van der Waals surface area contributed by atoms with Gasteiger partial charge < -0.3 is 76.7 Å². The zero-order valence-electron chi connectivity index (χ0n) is 40.7. The van der Waals surface area contributed by atoms with Crippen LogP contribution in [0.1, 0.15) is 25.3 Å². The zero-order valence-corrected chi connectivity index (χ0v) is 43.3. The fourth-order valence-corrected chi connectivity index (χ4v) is 11.6. The number of aromatic amines is 2. The maximum Gasteiger partial charge on any atom is 0.494 e. The van der Waals surface area contributed by atoms with Crippen LogP contribution in [0.15, 0.2) is 92.9 Å². The number of nitrogens with two attached hydrogens (primary N) is 2. The largest absolute Gasteiger partial charge is 0.494 e. The fraction of sp³-hybridized carbons (Fsp3) is 0.455. The average Bonchev–Trinajstić information content (AvgIpc) is 4.30. The normalized spacial score (nSPS) is 24.4. The number of nitrogen functional groups attached to an aromatic ring is 2. The molecule has 0 amide bonds. The Morgan fingerprint density at radius 2 is 1.04 bits per heavy atom. The Morgan fingerprint density at radius 1 is 0.627 bits per heavy atom. The minimum Gasteiger partial charge on any atom is -0.399 e. The van der Waals surface area contributed by atoms with Crippen molar-refractivity contribution in [3.63, 3.8) is 0 Å². The highest BCUT2D eigenvalue weighted by Crippen LogP contribution is 2.46. The van der Waals surface area contributed by atoms with E-state index in [1.54, 1.807) is 47.4 Å². The number of imidazole rings is 2. The van der Waals surface area contributed by atoms with Gasteiger partial charge in [-0.3, -0.25) is 28.7 Å². The van der Waals surface area contributed by atoms with Crippen LogP contribution in [-0.2, 0) is 55.2 Å². The number of anilines is 2. The summed E-state index contributed by atoms with van der Waals surface area (Å²) in [5.41, 5.74) is 13.3. The second kappa shape index (κ2) is 25.4. The molecule has 396 valence electrons. The quantitative estimate of drug-likeness (QED) is 0.0261.